The van der Waals surface area contributed by atoms with Gasteiger partial charge in [-0.25, -0.2) is 9.69 Å². The number of fused-ring (bicyclic) bond motifs is 1. The Hall–Kier alpha value is -3.26. The van der Waals surface area contributed by atoms with Crippen molar-refractivity contribution in [2.45, 2.75) is 39.0 Å². The van der Waals surface area contributed by atoms with Crippen molar-refractivity contribution in [3.63, 3.8) is 0 Å². The smallest absolute Gasteiger partial charge is 0.421 e. The lowest BCUT2D eigenvalue weighted by molar-refractivity contribution is -0.155. The van der Waals surface area contributed by atoms with Crippen molar-refractivity contribution in [2.24, 2.45) is 0 Å². The predicted molar refractivity (Wildman–Crippen MR) is 131 cm³/mol. The van der Waals surface area contributed by atoms with Crippen molar-refractivity contribution >= 4 is 51.4 Å². The highest BCUT2D eigenvalue weighted by Crippen LogP contribution is 2.47. The summed E-state index contributed by atoms with van der Waals surface area (Å²) in [7, 11) is 0. The molecule has 2 amide bonds. The van der Waals surface area contributed by atoms with Crippen LogP contribution in [-0.4, -0.2) is 37.0 Å². The van der Waals surface area contributed by atoms with E-state index in [1.807, 2.05) is 37.3 Å². The molecule has 0 fully saturated rings. The Morgan fingerprint density at radius 2 is 1.68 bits per heavy atom. The molecule has 7 nitrogen and oxygen atoms in total. The number of carbonyl (C=O) groups is 4. The molecule has 1 unspecified atom stereocenters. The molecule has 0 aromatic heterocycles. The van der Waals surface area contributed by atoms with Gasteiger partial charge in [0.15, 0.2) is 11.2 Å². The van der Waals surface area contributed by atoms with Gasteiger partial charge in [-0.05, 0) is 55.7 Å². The Morgan fingerprint density at radius 3 is 2.29 bits per heavy atom. The third-order valence-electron chi connectivity index (χ3n) is 5.61. The molecular formula is C26H26BrNO6. The van der Waals surface area contributed by atoms with Crippen molar-refractivity contribution < 1.29 is 28.7 Å². The molecule has 0 spiro atoms. The molecule has 8 heteroatoms. The van der Waals surface area contributed by atoms with Crippen LogP contribution in [0.2, 0.25) is 0 Å². The summed E-state index contributed by atoms with van der Waals surface area (Å²) in [5.41, 5.74) is -0.315. The summed E-state index contributed by atoms with van der Waals surface area (Å²) in [6, 6.07) is 14.1. The van der Waals surface area contributed by atoms with E-state index in [4.69, 9.17) is 9.47 Å². The second-order valence-corrected chi connectivity index (χ2v) is 8.58. The number of ether oxygens (including phenoxy) is 2. The van der Waals surface area contributed by atoms with E-state index in [1.54, 1.807) is 38.1 Å². The van der Waals surface area contributed by atoms with E-state index >= 15 is 0 Å². The molecule has 178 valence electrons. The van der Waals surface area contributed by atoms with Crippen LogP contribution in [0.25, 0.3) is 6.08 Å². The molecule has 3 rings (SSSR count). The molecule has 0 bridgehead atoms. The highest BCUT2D eigenvalue weighted by Gasteiger charge is 2.60. The van der Waals surface area contributed by atoms with Crippen LogP contribution in [-0.2, 0) is 29.3 Å². The lowest BCUT2D eigenvalue weighted by atomic mass is 9.76. The quantitative estimate of drug-likeness (QED) is 0.266. The summed E-state index contributed by atoms with van der Waals surface area (Å²) in [5.74, 6) is -2.12. The predicted octanol–water partition coefficient (Wildman–Crippen LogP) is 5.21. The highest BCUT2D eigenvalue weighted by molar-refractivity contribution is 9.10. The van der Waals surface area contributed by atoms with E-state index in [0.717, 1.165) is 10.5 Å². The lowest BCUT2D eigenvalue weighted by Gasteiger charge is -2.26. The number of anilines is 1. The molecule has 0 aliphatic carbocycles. The van der Waals surface area contributed by atoms with Gasteiger partial charge in [-0.2, -0.15) is 0 Å². The van der Waals surface area contributed by atoms with Gasteiger partial charge in [0.25, 0.3) is 5.91 Å². The molecule has 0 saturated carbocycles. The number of nitrogens with zero attached hydrogens (tertiary/aromatic N) is 1. The zero-order valence-corrected chi connectivity index (χ0v) is 20.9. The molecule has 1 aliphatic heterocycles. The fourth-order valence-electron chi connectivity index (χ4n) is 4.01. The number of imide groups is 1. The fourth-order valence-corrected chi connectivity index (χ4v) is 4.37. The van der Waals surface area contributed by atoms with Crippen molar-refractivity contribution in [3.05, 3.63) is 69.7 Å². The highest BCUT2D eigenvalue weighted by atomic mass is 79.9. The van der Waals surface area contributed by atoms with Crippen LogP contribution in [0.3, 0.4) is 0 Å². The molecule has 0 radical (unpaired) electrons. The standard InChI is InChI=1S/C26H26BrNO6/c1-4-18(14-17-10-8-7-9-11-17)22(29)16-26(24(31)33-5-2)20-15-19(27)12-13-21(20)28(23(26)30)25(32)34-6-3/h7-15H,4-6,16H2,1-3H3/b18-14+. The number of esters is 1. The lowest BCUT2D eigenvalue weighted by Crippen LogP contribution is -2.50. The Balaban J connectivity index is 2.15. The van der Waals surface area contributed by atoms with Crippen LogP contribution in [0.4, 0.5) is 10.5 Å². The minimum Gasteiger partial charge on any atom is -0.465 e. The molecule has 2 aromatic carbocycles. The molecule has 34 heavy (non-hydrogen) atoms. The number of hydrogen-bond acceptors (Lipinski definition) is 6. The Labute approximate surface area is 206 Å². The van der Waals surface area contributed by atoms with Crippen molar-refractivity contribution in [1.29, 1.82) is 0 Å². The van der Waals surface area contributed by atoms with Crippen LogP contribution in [0.1, 0.15) is 44.7 Å². The third-order valence-corrected chi connectivity index (χ3v) is 6.10. The van der Waals surface area contributed by atoms with Gasteiger partial charge in [0.2, 0.25) is 0 Å². The number of allylic oxidation sites excluding steroid dienone is 1. The minimum absolute atomic E-state index is 0.00524. The maximum absolute atomic E-state index is 13.8. The molecular weight excluding hydrogens is 502 g/mol. The van der Waals surface area contributed by atoms with E-state index in [-0.39, 0.29) is 30.2 Å². The first-order valence-corrected chi connectivity index (χ1v) is 11.9. The number of amides is 2. The van der Waals surface area contributed by atoms with Crippen LogP contribution in [0.15, 0.2) is 58.6 Å². The molecule has 2 aromatic rings. The number of rotatable bonds is 8. The molecule has 0 N–H and O–H groups in total. The van der Waals surface area contributed by atoms with Crippen LogP contribution < -0.4 is 4.90 Å². The molecule has 1 heterocycles. The topological polar surface area (TPSA) is 90.0 Å². The summed E-state index contributed by atoms with van der Waals surface area (Å²) in [6.45, 7) is 5.11. The van der Waals surface area contributed by atoms with Crippen LogP contribution in [0.5, 0.6) is 0 Å². The van der Waals surface area contributed by atoms with Gasteiger partial charge in [-0.3, -0.25) is 14.4 Å². The Kier molecular flexibility index (Phi) is 8.04. The number of halogens is 1. The van der Waals surface area contributed by atoms with Crippen molar-refractivity contribution in [1.82, 2.24) is 0 Å². The van der Waals surface area contributed by atoms with Gasteiger partial charge >= 0.3 is 12.1 Å². The summed E-state index contributed by atoms with van der Waals surface area (Å²) < 4.78 is 11.0. The first-order chi connectivity index (χ1) is 16.3. The average molecular weight is 528 g/mol. The Morgan fingerprint density at radius 1 is 1.00 bits per heavy atom. The monoisotopic (exact) mass is 527 g/mol. The van der Waals surface area contributed by atoms with E-state index < -0.39 is 29.8 Å². The average Bonchev–Trinajstić information content (AvgIpc) is 3.06. The SMILES string of the molecule is CCOC(=O)N1C(=O)C(CC(=O)/C(=C/c2ccccc2)CC)(C(=O)OCC)c2cc(Br)ccc21. The van der Waals surface area contributed by atoms with Gasteiger partial charge in [0, 0.05) is 16.5 Å². The van der Waals surface area contributed by atoms with Gasteiger partial charge in [0.1, 0.15) is 0 Å². The van der Waals surface area contributed by atoms with Crippen molar-refractivity contribution in [3.8, 4) is 0 Å². The molecule has 1 aliphatic rings. The van der Waals surface area contributed by atoms with E-state index in [0.29, 0.717) is 16.5 Å². The number of hydrogen-bond donors (Lipinski definition) is 0. The van der Waals surface area contributed by atoms with Crippen molar-refractivity contribution in [2.75, 3.05) is 18.1 Å². The van der Waals surface area contributed by atoms with Gasteiger partial charge in [-0.15, -0.1) is 0 Å². The first-order valence-electron chi connectivity index (χ1n) is 11.1. The summed E-state index contributed by atoms with van der Waals surface area (Å²) in [4.78, 5) is 54.2. The molecule has 0 saturated heterocycles. The number of ketones is 1. The third kappa shape index (κ3) is 4.68. The van der Waals surface area contributed by atoms with Gasteiger partial charge < -0.3 is 9.47 Å². The zero-order valence-electron chi connectivity index (χ0n) is 19.3. The number of Topliss-reactive ketones (excluding diaryl/α,β-unsaturated/α-hetero) is 1. The van der Waals surface area contributed by atoms with Gasteiger partial charge in [-0.1, -0.05) is 53.2 Å². The zero-order chi connectivity index (χ0) is 24.9. The number of benzene rings is 2. The van der Waals surface area contributed by atoms with E-state index in [2.05, 4.69) is 15.9 Å². The van der Waals surface area contributed by atoms with Crippen LogP contribution in [0, 0.1) is 0 Å². The van der Waals surface area contributed by atoms with E-state index in [1.165, 1.54) is 0 Å². The normalized spacial score (nSPS) is 17.4. The maximum atomic E-state index is 13.8. The second kappa shape index (κ2) is 10.8. The minimum atomic E-state index is -2.01. The maximum Gasteiger partial charge on any atom is 0.421 e. The van der Waals surface area contributed by atoms with Gasteiger partial charge in [0.05, 0.1) is 18.9 Å². The van der Waals surface area contributed by atoms with Crippen LogP contribution >= 0.6 is 15.9 Å². The molecule has 1 atom stereocenters. The van der Waals surface area contributed by atoms with E-state index in [9.17, 15) is 19.2 Å². The fraction of sp³-hybridized carbons (Fsp3) is 0.308. The summed E-state index contributed by atoms with van der Waals surface area (Å²) in [5, 5.41) is 0. The Bertz CT molecular complexity index is 1140. The summed E-state index contributed by atoms with van der Waals surface area (Å²) >= 11 is 3.37. The number of carbonyl (C=O) groups excluding carboxylic acids is 4. The largest absolute Gasteiger partial charge is 0.465 e. The summed E-state index contributed by atoms with van der Waals surface area (Å²) in [6.07, 6.45) is 0.751. The second-order valence-electron chi connectivity index (χ2n) is 7.66. The first kappa shape index (κ1) is 25.4.